The third-order valence-corrected chi connectivity index (χ3v) is 5.49. The first-order chi connectivity index (χ1) is 13.2. The largest absolute Gasteiger partial charge is 0.357 e. The summed E-state index contributed by atoms with van der Waals surface area (Å²) in [6, 6.07) is 8.30. The van der Waals surface area contributed by atoms with Gasteiger partial charge in [0.15, 0.2) is 5.96 Å². The average Bonchev–Trinajstić information content (AvgIpc) is 3.27. The summed E-state index contributed by atoms with van der Waals surface area (Å²) in [5, 5.41) is 7.79. The molecule has 0 saturated carbocycles. The Labute approximate surface area is 187 Å². The van der Waals surface area contributed by atoms with E-state index in [2.05, 4.69) is 69.1 Å². The van der Waals surface area contributed by atoms with Crippen molar-refractivity contribution in [3.8, 4) is 0 Å². The summed E-state index contributed by atoms with van der Waals surface area (Å²) >= 11 is 1.74. The van der Waals surface area contributed by atoms with Gasteiger partial charge < -0.3 is 15.2 Å². The van der Waals surface area contributed by atoms with Gasteiger partial charge in [0.2, 0.25) is 0 Å². The molecule has 0 spiro atoms. The van der Waals surface area contributed by atoms with Gasteiger partial charge in [-0.2, -0.15) is 0 Å². The molecule has 0 amide bonds. The summed E-state index contributed by atoms with van der Waals surface area (Å²) in [5.41, 5.74) is 2.26. The second-order valence-electron chi connectivity index (χ2n) is 6.35. The number of rotatable bonds is 8. The van der Waals surface area contributed by atoms with Gasteiger partial charge in [-0.25, -0.2) is 15.0 Å². The van der Waals surface area contributed by atoms with E-state index in [-0.39, 0.29) is 24.0 Å². The van der Waals surface area contributed by atoms with Crippen molar-refractivity contribution in [2.45, 2.75) is 46.7 Å². The van der Waals surface area contributed by atoms with Crippen LogP contribution < -0.4 is 10.6 Å². The van der Waals surface area contributed by atoms with Crippen molar-refractivity contribution in [2.75, 3.05) is 13.1 Å². The average molecular weight is 512 g/mol. The van der Waals surface area contributed by atoms with Crippen molar-refractivity contribution >= 4 is 52.3 Å². The number of hydrogen-bond donors (Lipinski definition) is 2. The highest BCUT2D eigenvalue weighted by atomic mass is 127. The highest BCUT2D eigenvalue weighted by molar-refractivity contribution is 14.0. The van der Waals surface area contributed by atoms with E-state index in [1.165, 1.54) is 10.4 Å². The van der Waals surface area contributed by atoms with Crippen LogP contribution in [0.3, 0.4) is 0 Å². The van der Waals surface area contributed by atoms with Crippen LogP contribution in [0.25, 0.3) is 11.0 Å². The number of aliphatic imine (C=N–C) groups is 1. The first kappa shape index (κ1) is 22.6. The summed E-state index contributed by atoms with van der Waals surface area (Å²) in [4.78, 5) is 15.0. The molecule has 0 radical (unpaired) electrons. The predicted octanol–water partition coefficient (Wildman–Crippen LogP) is 4.13. The molecule has 2 heterocycles. The number of halogens is 1. The molecule has 152 valence electrons. The van der Waals surface area contributed by atoms with Crippen molar-refractivity contribution in [3.63, 3.8) is 0 Å². The molecule has 3 aromatic rings. The van der Waals surface area contributed by atoms with E-state index < -0.39 is 0 Å². The van der Waals surface area contributed by atoms with Crippen LogP contribution in [-0.4, -0.2) is 33.6 Å². The molecule has 0 unspecified atom stereocenters. The zero-order valence-electron chi connectivity index (χ0n) is 16.7. The molecule has 6 nitrogen and oxygen atoms in total. The quantitative estimate of drug-likeness (QED) is 0.206. The fraction of sp³-hybridized carbons (Fsp3) is 0.450. The summed E-state index contributed by atoms with van der Waals surface area (Å²) in [7, 11) is 0. The van der Waals surface area contributed by atoms with E-state index in [9.17, 15) is 0 Å². The molecule has 8 heteroatoms. The lowest BCUT2D eigenvalue weighted by Gasteiger charge is -2.12. The Kier molecular flexibility index (Phi) is 9.17. The zero-order valence-corrected chi connectivity index (χ0v) is 19.9. The lowest BCUT2D eigenvalue weighted by Crippen LogP contribution is -2.38. The summed E-state index contributed by atoms with van der Waals surface area (Å²) in [6.07, 6.45) is 3.98. The number of aryl methyl sites for hydroxylation is 3. The minimum absolute atomic E-state index is 0. The molecule has 2 aromatic heterocycles. The second-order valence-corrected chi connectivity index (χ2v) is 7.55. The maximum absolute atomic E-state index is 4.66. The lowest BCUT2D eigenvalue weighted by atomic mass is 10.3. The van der Waals surface area contributed by atoms with E-state index in [1.807, 2.05) is 12.3 Å². The van der Waals surface area contributed by atoms with Gasteiger partial charge in [0, 0.05) is 30.7 Å². The number of guanidine groups is 1. The summed E-state index contributed by atoms with van der Waals surface area (Å²) < 4.78 is 2.28. The number of fused-ring (bicyclic) bond motifs is 1. The Balaban J connectivity index is 0.00000280. The van der Waals surface area contributed by atoms with E-state index in [4.69, 9.17) is 0 Å². The molecule has 0 aliphatic carbocycles. The van der Waals surface area contributed by atoms with Gasteiger partial charge in [0.1, 0.15) is 10.8 Å². The summed E-state index contributed by atoms with van der Waals surface area (Å²) in [6.45, 7) is 9.55. The minimum Gasteiger partial charge on any atom is -0.357 e. The topological polar surface area (TPSA) is 67.1 Å². The third-order valence-electron chi connectivity index (χ3n) is 4.36. The Morgan fingerprint density at radius 2 is 2.04 bits per heavy atom. The fourth-order valence-corrected chi connectivity index (χ4v) is 3.78. The van der Waals surface area contributed by atoms with Crippen LogP contribution in [0.1, 0.15) is 36.0 Å². The smallest absolute Gasteiger partial charge is 0.191 e. The van der Waals surface area contributed by atoms with E-state index in [1.54, 1.807) is 11.3 Å². The SMILES string of the molecule is CCNC(=NCc1ncc(CC)s1)NCCCn1c(C)nc2ccccc21.I. The molecule has 0 aliphatic rings. The van der Waals surface area contributed by atoms with Crippen LogP contribution in [0.15, 0.2) is 35.5 Å². The number of hydrogen-bond acceptors (Lipinski definition) is 4. The first-order valence-corrected chi connectivity index (χ1v) is 10.4. The van der Waals surface area contributed by atoms with E-state index in [0.29, 0.717) is 6.54 Å². The van der Waals surface area contributed by atoms with Gasteiger partial charge in [-0.3, -0.25) is 0 Å². The predicted molar refractivity (Wildman–Crippen MR) is 129 cm³/mol. The van der Waals surface area contributed by atoms with Crippen molar-refractivity contribution in [1.82, 2.24) is 25.2 Å². The van der Waals surface area contributed by atoms with Gasteiger partial charge in [0.25, 0.3) is 0 Å². The van der Waals surface area contributed by atoms with Crippen LogP contribution in [0.2, 0.25) is 0 Å². The maximum atomic E-state index is 4.66. The molecule has 28 heavy (non-hydrogen) atoms. The van der Waals surface area contributed by atoms with Gasteiger partial charge in [-0.15, -0.1) is 35.3 Å². The van der Waals surface area contributed by atoms with Crippen molar-refractivity contribution in [2.24, 2.45) is 4.99 Å². The molecule has 0 saturated heterocycles. The van der Waals surface area contributed by atoms with Crippen molar-refractivity contribution in [1.29, 1.82) is 0 Å². The molecule has 0 aliphatic heterocycles. The first-order valence-electron chi connectivity index (χ1n) is 9.58. The highest BCUT2D eigenvalue weighted by Crippen LogP contribution is 2.16. The lowest BCUT2D eigenvalue weighted by molar-refractivity contribution is 0.624. The van der Waals surface area contributed by atoms with E-state index >= 15 is 0 Å². The molecular formula is C20H29IN6S. The maximum Gasteiger partial charge on any atom is 0.191 e. The van der Waals surface area contributed by atoms with Crippen molar-refractivity contribution in [3.05, 3.63) is 46.2 Å². The van der Waals surface area contributed by atoms with Gasteiger partial charge in [0.05, 0.1) is 17.6 Å². The number of nitrogens with zero attached hydrogens (tertiary/aromatic N) is 4. The van der Waals surface area contributed by atoms with Crippen LogP contribution in [0, 0.1) is 6.92 Å². The van der Waals surface area contributed by atoms with Crippen molar-refractivity contribution < 1.29 is 0 Å². The highest BCUT2D eigenvalue weighted by Gasteiger charge is 2.06. The minimum atomic E-state index is 0. The monoisotopic (exact) mass is 512 g/mol. The van der Waals surface area contributed by atoms with Crippen LogP contribution in [0.4, 0.5) is 0 Å². The van der Waals surface area contributed by atoms with Gasteiger partial charge >= 0.3 is 0 Å². The van der Waals surface area contributed by atoms with Crippen LogP contribution in [-0.2, 0) is 19.5 Å². The second kappa shape index (κ2) is 11.4. The Morgan fingerprint density at radius 1 is 1.21 bits per heavy atom. The fourth-order valence-electron chi connectivity index (χ4n) is 3.00. The standard InChI is InChI=1S/C20H28N6S.HI/c1-4-16-13-23-19(27-16)14-24-20(21-5-2)22-11-8-12-26-15(3)25-17-9-6-7-10-18(17)26;/h6-7,9-10,13H,4-5,8,11-12,14H2,1-3H3,(H2,21,22,24);1H. The molecule has 0 bridgehead atoms. The molecule has 1 aromatic carbocycles. The summed E-state index contributed by atoms with van der Waals surface area (Å²) in [5.74, 6) is 1.91. The van der Waals surface area contributed by atoms with Gasteiger partial charge in [-0.1, -0.05) is 19.1 Å². The van der Waals surface area contributed by atoms with Gasteiger partial charge in [-0.05, 0) is 38.8 Å². The number of nitrogens with one attached hydrogen (secondary N) is 2. The zero-order chi connectivity index (χ0) is 19.1. The van der Waals surface area contributed by atoms with Crippen LogP contribution >= 0.6 is 35.3 Å². The molecule has 2 N–H and O–H groups in total. The van der Waals surface area contributed by atoms with Crippen LogP contribution in [0.5, 0.6) is 0 Å². The normalized spacial score (nSPS) is 11.5. The molecule has 3 rings (SSSR count). The number of thiazole rings is 1. The third kappa shape index (κ3) is 5.91. The Hall–Kier alpha value is -1.68. The Morgan fingerprint density at radius 3 is 2.79 bits per heavy atom. The molecular weight excluding hydrogens is 483 g/mol. The molecule has 0 fully saturated rings. The number of aromatic nitrogens is 3. The molecule has 0 atom stereocenters. The number of para-hydroxylation sites is 2. The number of benzene rings is 1. The number of imidazole rings is 1. The van der Waals surface area contributed by atoms with E-state index in [0.717, 1.165) is 54.8 Å². The Bertz CT molecular complexity index is 901.